The lowest BCUT2D eigenvalue weighted by Crippen LogP contribution is -2.32. The molecule has 0 atom stereocenters. The molecule has 0 spiro atoms. The second-order valence-corrected chi connectivity index (χ2v) is 5.37. The SMILES string of the molecule is CCc1nn(C)c(Cn2cc(CC)c(=O)[nH]c2=O)c1Br. The van der Waals surface area contributed by atoms with Crippen molar-refractivity contribution in [1.82, 2.24) is 19.3 Å². The van der Waals surface area contributed by atoms with Crippen LogP contribution in [-0.4, -0.2) is 19.3 Å². The molecule has 2 heterocycles. The summed E-state index contributed by atoms with van der Waals surface area (Å²) in [7, 11) is 1.84. The van der Waals surface area contributed by atoms with Crippen LogP contribution in [0.3, 0.4) is 0 Å². The molecule has 0 saturated carbocycles. The first-order chi connectivity index (χ1) is 9.47. The van der Waals surface area contributed by atoms with Gasteiger partial charge in [-0.05, 0) is 28.8 Å². The molecule has 1 N–H and O–H groups in total. The van der Waals surface area contributed by atoms with Crippen LogP contribution in [0.15, 0.2) is 20.3 Å². The Hall–Kier alpha value is -1.63. The number of nitrogens with zero attached hydrogens (tertiary/aromatic N) is 3. The number of rotatable bonds is 4. The van der Waals surface area contributed by atoms with E-state index in [0.29, 0.717) is 18.5 Å². The topological polar surface area (TPSA) is 72.7 Å². The number of H-pyrrole nitrogens is 1. The zero-order valence-electron chi connectivity index (χ0n) is 11.7. The third kappa shape index (κ3) is 2.63. The van der Waals surface area contributed by atoms with Crippen molar-refractivity contribution in [3.05, 3.63) is 48.5 Å². The highest BCUT2D eigenvalue weighted by molar-refractivity contribution is 9.10. The first-order valence-corrected chi connectivity index (χ1v) is 7.30. The molecule has 108 valence electrons. The molecule has 0 radical (unpaired) electrons. The average Bonchev–Trinajstić information content (AvgIpc) is 2.68. The summed E-state index contributed by atoms with van der Waals surface area (Å²) >= 11 is 3.52. The van der Waals surface area contributed by atoms with Crippen LogP contribution in [0.5, 0.6) is 0 Å². The van der Waals surface area contributed by atoms with E-state index >= 15 is 0 Å². The molecule has 2 aromatic rings. The van der Waals surface area contributed by atoms with Gasteiger partial charge < -0.3 is 0 Å². The van der Waals surface area contributed by atoms with Gasteiger partial charge in [0, 0.05) is 18.8 Å². The number of halogens is 1. The van der Waals surface area contributed by atoms with E-state index in [1.807, 2.05) is 20.9 Å². The van der Waals surface area contributed by atoms with Crippen LogP contribution >= 0.6 is 15.9 Å². The summed E-state index contributed by atoms with van der Waals surface area (Å²) in [5.74, 6) is 0. The van der Waals surface area contributed by atoms with Gasteiger partial charge in [0.15, 0.2) is 0 Å². The molecule has 0 aliphatic carbocycles. The summed E-state index contributed by atoms with van der Waals surface area (Å²) in [5.41, 5.74) is 1.73. The van der Waals surface area contributed by atoms with Gasteiger partial charge in [-0.15, -0.1) is 0 Å². The summed E-state index contributed by atoms with van der Waals surface area (Å²) in [6.07, 6.45) is 3.02. The van der Waals surface area contributed by atoms with E-state index in [1.165, 1.54) is 4.57 Å². The normalized spacial score (nSPS) is 11.0. The fraction of sp³-hybridized carbons (Fsp3) is 0.462. The Morgan fingerprint density at radius 1 is 1.30 bits per heavy atom. The van der Waals surface area contributed by atoms with E-state index in [9.17, 15) is 9.59 Å². The van der Waals surface area contributed by atoms with E-state index < -0.39 is 5.69 Å². The Labute approximate surface area is 124 Å². The van der Waals surface area contributed by atoms with Crippen molar-refractivity contribution in [1.29, 1.82) is 0 Å². The van der Waals surface area contributed by atoms with E-state index in [2.05, 4.69) is 26.0 Å². The minimum Gasteiger partial charge on any atom is -0.294 e. The van der Waals surface area contributed by atoms with Gasteiger partial charge in [0.05, 0.1) is 22.4 Å². The highest BCUT2D eigenvalue weighted by Crippen LogP contribution is 2.21. The fourth-order valence-electron chi connectivity index (χ4n) is 2.08. The van der Waals surface area contributed by atoms with Crippen molar-refractivity contribution < 1.29 is 0 Å². The smallest absolute Gasteiger partial charge is 0.294 e. The molecule has 2 rings (SSSR count). The number of aromatic nitrogens is 4. The largest absolute Gasteiger partial charge is 0.328 e. The van der Waals surface area contributed by atoms with Crippen LogP contribution in [0.2, 0.25) is 0 Å². The molecule has 0 aromatic carbocycles. The number of hydrogen-bond donors (Lipinski definition) is 1. The van der Waals surface area contributed by atoms with Gasteiger partial charge >= 0.3 is 5.69 Å². The highest BCUT2D eigenvalue weighted by Gasteiger charge is 2.14. The van der Waals surface area contributed by atoms with E-state index in [0.717, 1.165) is 22.3 Å². The average molecular weight is 341 g/mol. The Kier molecular flexibility index (Phi) is 4.27. The predicted octanol–water partition coefficient (Wildman–Crippen LogP) is 1.21. The molecule has 2 aromatic heterocycles. The van der Waals surface area contributed by atoms with Crippen LogP contribution in [0.25, 0.3) is 0 Å². The maximum absolute atomic E-state index is 11.9. The Morgan fingerprint density at radius 2 is 2.00 bits per heavy atom. The maximum Gasteiger partial charge on any atom is 0.328 e. The standard InChI is InChI=1S/C13H17BrN4O2/c1-4-8-6-18(13(20)15-12(8)19)7-10-11(14)9(5-2)16-17(10)3/h6H,4-5,7H2,1-3H3,(H,15,19,20). The van der Waals surface area contributed by atoms with Gasteiger partial charge in [-0.1, -0.05) is 13.8 Å². The molecule has 6 nitrogen and oxygen atoms in total. The van der Waals surface area contributed by atoms with E-state index in [4.69, 9.17) is 0 Å². The van der Waals surface area contributed by atoms with Gasteiger partial charge in [0.2, 0.25) is 0 Å². The zero-order chi connectivity index (χ0) is 14.9. The minimum atomic E-state index is -0.404. The summed E-state index contributed by atoms with van der Waals surface area (Å²) in [6.45, 7) is 4.28. The molecule has 0 saturated heterocycles. The van der Waals surface area contributed by atoms with Crippen LogP contribution in [-0.2, 0) is 26.4 Å². The van der Waals surface area contributed by atoms with Gasteiger partial charge in [-0.25, -0.2) is 4.79 Å². The van der Waals surface area contributed by atoms with Crippen LogP contribution in [0, 0.1) is 0 Å². The molecule has 0 aliphatic rings. The van der Waals surface area contributed by atoms with Crippen molar-refractivity contribution >= 4 is 15.9 Å². The number of aromatic amines is 1. The molecular weight excluding hydrogens is 324 g/mol. The monoisotopic (exact) mass is 340 g/mol. The van der Waals surface area contributed by atoms with Crippen LogP contribution in [0.4, 0.5) is 0 Å². The lowest BCUT2D eigenvalue weighted by molar-refractivity contribution is 0.631. The molecule has 0 unspecified atom stereocenters. The Morgan fingerprint density at radius 3 is 2.55 bits per heavy atom. The lowest BCUT2D eigenvalue weighted by atomic mass is 10.2. The molecule has 0 fully saturated rings. The fourth-order valence-corrected chi connectivity index (χ4v) is 2.82. The third-order valence-corrected chi connectivity index (χ3v) is 4.20. The second-order valence-electron chi connectivity index (χ2n) is 4.58. The molecule has 0 amide bonds. The Balaban J connectivity index is 2.48. The first kappa shape index (κ1) is 14.8. The van der Waals surface area contributed by atoms with Gasteiger partial charge in [-0.3, -0.25) is 19.0 Å². The van der Waals surface area contributed by atoms with Gasteiger partial charge in [-0.2, -0.15) is 5.10 Å². The second kappa shape index (κ2) is 5.78. The molecule has 7 heteroatoms. The summed E-state index contributed by atoms with van der Waals surface area (Å²) < 4.78 is 4.17. The number of hydrogen-bond acceptors (Lipinski definition) is 3. The quantitative estimate of drug-likeness (QED) is 0.908. The highest BCUT2D eigenvalue weighted by atomic mass is 79.9. The third-order valence-electron chi connectivity index (χ3n) is 3.29. The summed E-state index contributed by atoms with van der Waals surface area (Å²) in [4.78, 5) is 25.8. The van der Waals surface area contributed by atoms with Crippen molar-refractivity contribution in [3.8, 4) is 0 Å². The molecule has 0 bridgehead atoms. The minimum absolute atomic E-state index is 0.313. The zero-order valence-corrected chi connectivity index (χ0v) is 13.3. The predicted molar refractivity (Wildman–Crippen MR) is 80.1 cm³/mol. The number of nitrogens with one attached hydrogen (secondary N) is 1. The van der Waals surface area contributed by atoms with Crippen molar-refractivity contribution in [2.75, 3.05) is 0 Å². The van der Waals surface area contributed by atoms with E-state index in [1.54, 1.807) is 10.9 Å². The van der Waals surface area contributed by atoms with Crippen LogP contribution in [0.1, 0.15) is 30.8 Å². The Bertz CT molecular complexity index is 742. The van der Waals surface area contributed by atoms with Crippen LogP contribution < -0.4 is 11.2 Å². The maximum atomic E-state index is 11.9. The van der Waals surface area contributed by atoms with Crippen molar-refractivity contribution in [2.45, 2.75) is 33.2 Å². The van der Waals surface area contributed by atoms with Crippen molar-refractivity contribution in [3.63, 3.8) is 0 Å². The van der Waals surface area contributed by atoms with Gasteiger partial charge in [0.1, 0.15) is 0 Å². The van der Waals surface area contributed by atoms with Crippen molar-refractivity contribution in [2.24, 2.45) is 7.05 Å². The summed E-state index contributed by atoms with van der Waals surface area (Å²) in [5, 5.41) is 4.40. The van der Waals surface area contributed by atoms with Gasteiger partial charge in [0.25, 0.3) is 5.56 Å². The molecule has 20 heavy (non-hydrogen) atoms. The molecular formula is C13H17BrN4O2. The number of aryl methyl sites for hydroxylation is 3. The summed E-state index contributed by atoms with van der Waals surface area (Å²) in [6, 6.07) is 0. The molecule has 0 aliphatic heterocycles. The van der Waals surface area contributed by atoms with E-state index in [-0.39, 0.29) is 5.56 Å². The first-order valence-electron chi connectivity index (χ1n) is 6.50. The lowest BCUT2D eigenvalue weighted by Gasteiger charge is -2.07.